The molecule has 1 atom stereocenters. The summed E-state index contributed by atoms with van der Waals surface area (Å²) in [4.78, 5) is 17.1. The van der Waals surface area contributed by atoms with E-state index in [1.807, 2.05) is 18.2 Å². The predicted octanol–water partition coefficient (Wildman–Crippen LogP) is 5.99. The number of nitrogens with zero attached hydrogens (tertiary/aromatic N) is 2. The van der Waals surface area contributed by atoms with Crippen LogP contribution in [-0.4, -0.2) is 28.6 Å². The van der Waals surface area contributed by atoms with Crippen LogP contribution in [-0.2, 0) is 17.8 Å². The summed E-state index contributed by atoms with van der Waals surface area (Å²) in [5.41, 5.74) is 4.66. The van der Waals surface area contributed by atoms with Gasteiger partial charge in [0.25, 0.3) is 5.91 Å². The fourth-order valence-corrected chi connectivity index (χ4v) is 4.03. The molecule has 3 aromatic carbocycles. The Morgan fingerprint density at radius 3 is 2.53 bits per heavy atom. The first-order valence-electron chi connectivity index (χ1n) is 11.7. The number of hydrogen-bond donors (Lipinski definition) is 1. The van der Waals surface area contributed by atoms with Crippen LogP contribution >= 0.6 is 11.6 Å². The molecule has 1 amide bonds. The molecular weight excluding hydrogens is 446 g/mol. The number of halogens is 1. The third kappa shape index (κ3) is 5.97. The van der Waals surface area contributed by atoms with Crippen molar-refractivity contribution in [2.45, 2.75) is 39.2 Å². The van der Waals surface area contributed by atoms with Gasteiger partial charge in [-0.25, -0.2) is 4.98 Å². The van der Waals surface area contributed by atoms with Gasteiger partial charge in [-0.1, -0.05) is 61.8 Å². The minimum atomic E-state index is -0.168. The molecule has 0 spiro atoms. The van der Waals surface area contributed by atoms with E-state index in [4.69, 9.17) is 21.3 Å². The molecule has 1 heterocycles. The van der Waals surface area contributed by atoms with Crippen LogP contribution in [0.1, 0.15) is 43.1 Å². The topological polar surface area (TPSA) is 56.2 Å². The van der Waals surface area contributed by atoms with Crippen molar-refractivity contribution in [3.8, 4) is 5.75 Å². The molecule has 0 aliphatic carbocycles. The molecule has 1 unspecified atom stereocenters. The molecular formula is C28H30ClN3O2. The third-order valence-electron chi connectivity index (χ3n) is 6.09. The van der Waals surface area contributed by atoms with Crippen LogP contribution in [0.5, 0.6) is 5.75 Å². The van der Waals surface area contributed by atoms with Gasteiger partial charge in [-0.2, -0.15) is 0 Å². The van der Waals surface area contributed by atoms with Crippen molar-refractivity contribution in [1.29, 1.82) is 0 Å². The quantitative estimate of drug-likeness (QED) is 0.306. The first-order valence-corrected chi connectivity index (χ1v) is 12.1. The molecule has 0 fully saturated rings. The van der Waals surface area contributed by atoms with Crippen molar-refractivity contribution in [3.05, 3.63) is 94.8 Å². The van der Waals surface area contributed by atoms with Gasteiger partial charge in [0.05, 0.1) is 11.0 Å². The van der Waals surface area contributed by atoms with E-state index in [2.05, 4.69) is 54.1 Å². The van der Waals surface area contributed by atoms with Gasteiger partial charge in [-0.15, -0.1) is 0 Å². The number of para-hydroxylation sites is 2. The minimum Gasteiger partial charge on any atom is -0.484 e. The predicted molar refractivity (Wildman–Crippen MR) is 138 cm³/mol. The highest BCUT2D eigenvalue weighted by Crippen LogP contribution is 2.22. The normalized spacial score (nSPS) is 12.0. The highest BCUT2D eigenvalue weighted by Gasteiger charge is 2.12. The molecule has 1 N–H and O–H groups in total. The summed E-state index contributed by atoms with van der Waals surface area (Å²) in [5.74, 6) is 1.95. The number of hydrogen-bond acceptors (Lipinski definition) is 3. The summed E-state index contributed by atoms with van der Waals surface area (Å²) >= 11 is 5.88. The van der Waals surface area contributed by atoms with Crippen LogP contribution in [0.3, 0.4) is 0 Å². The van der Waals surface area contributed by atoms with E-state index in [1.54, 1.807) is 24.3 Å². The Labute approximate surface area is 205 Å². The molecule has 34 heavy (non-hydrogen) atoms. The zero-order valence-corrected chi connectivity index (χ0v) is 20.4. The van der Waals surface area contributed by atoms with Crippen molar-refractivity contribution in [1.82, 2.24) is 14.9 Å². The van der Waals surface area contributed by atoms with Gasteiger partial charge in [0.2, 0.25) is 0 Å². The van der Waals surface area contributed by atoms with Gasteiger partial charge in [0.15, 0.2) is 6.61 Å². The largest absolute Gasteiger partial charge is 0.484 e. The van der Waals surface area contributed by atoms with E-state index >= 15 is 0 Å². The number of ether oxygens (including phenoxy) is 1. The number of rotatable bonds is 10. The molecule has 1 aromatic heterocycles. The Kier molecular flexibility index (Phi) is 7.86. The standard InChI is InChI=1S/C28H30ClN3O2/c1-3-20(2)22-10-8-21(9-11-22)18-32-26-7-5-4-6-25(26)31-27(32)16-17-30-28(33)19-34-24-14-12-23(29)13-15-24/h4-15,20H,3,16-19H2,1-2H3,(H,30,33). The van der Waals surface area contributed by atoms with Gasteiger partial charge in [-0.3, -0.25) is 4.79 Å². The maximum Gasteiger partial charge on any atom is 0.257 e. The van der Waals surface area contributed by atoms with Crippen LogP contribution in [0.15, 0.2) is 72.8 Å². The summed E-state index contributed by atoms with van der Waals surface area (Å²) in [7, 11) is 0. The Hall–Kier alpha value is -3.31. The highest BCUT2D eigenvalue weighted by atomic mass is 35.5. The third-order valence-corrected chi connectivity index (χ3v) is 6.34. The smallest absolute Gasteiger partial charge is 0.257 e. The SMILES string of the molecule is CCC(C)c1ccc(Cn2c(CCNC(=O)COc3ccc(Cl)cc3)nc3ccccc32)cc1. The second-order valence-corrected chi connectivity index (χ2v) is 8.93. The molecule has 5 nitrogen and oxygen atoms in total. The summed E-state index contributed by atoms with van der Waals surface area (Å²) in [5, 5.41) is 3.56. The Morgan fingerprint density at radius 2 is 1.79 bits per heavy atom. The molecule has 0 radical (unpaired) electrons. The van der Waals surface area contributed by atoms with E-state index in [-0.39, 0.29) is 12.5 Å². The molecule has 4 aromatic rings. The van der Waals surface area contributed by atoms with E-state index < -0.39 is 0 Å². The maximum absolute atomic E-state index is 12.2. The fourth-order valence-electron chi connectivity index (χ4n) is 3.91. The summed E-state index contributed by atoms with van der Waals surface area (Å²) < 4.78 is 7.76. The minimum absolute atomic E-state index is 0.0411. The van der Waals surface area contributed by atoms with E-state index in [0.717, 1.165) is 29.8 Å². The number of carbonyl (C=O) groups is 1. The van der Waals surface area contributed by atoms with Gasteiger partial charge < -0.3 is 14.6 Å². The Morgan fingerprint density at radius 1 is 1.06 bits per heavy atom. The molecule has 4 rings (SSSR count). The van der Waals surface area contributed by atoms with Gasteiger partial charge in [0, 0.05) is 24.5 Å². The lowest BCUT2D eigenvalue weighted by Crippen LogP contribution is -2.31. The van der Waals surface area contributed by atoms with Crippen molar-refractivity contribution in [2.75, 3.05) is 13.2 Å². The zero-order chi connectivity index (χ0) is 23.9. The highest BCUT2D eigenvalue weighted by molar-refractivity contribution is 6.30. The van der Waals surface area contributed by atoms with Crippen LogP contribution in [0.4, 0.5) is 0 Å². The monoisotopic (exact) mass is 475 g/mol. The van der Waals surface area contributed by atoms with Crippen molar-refractivity contribution in [2.24, 2.45) is 0 Å². The van der Waals surface area contributed by atoms with Crippen molar-refractivity contribution in [3.63, 3.8) is 0 Å². The van der Waals surface area contributed by atoms with Gasteiger partial charge >= 0.3 is 0 Å². The first-order chi connectivity index (χ1) is 16.5. The second kappa shape index (κ2) is 11.2. The number of imidazole rings is 1. The van der Waals surface area contributed by atoms with Crippen molar-refractivity contribution >= 4 is 28.5 Å². The zero-order valence-electron chi connectivity index (χ0n) is 19.6. The number of nitrogens with one attached hydrogen (secondary N) is 1. The lowest BCUT2D eigenvalue weighted by atomic mass is 9.98. The lowest BCUT2D eigenvalue weighted by molar-refractivity contribution is -0.123. The summed E-state index contributed by atoms with van der Waals surface area (Å²) in [6.45, 7) is 5.65. The number of benzene rings is 3. The van der Waals surface area contributed by atoms with Gasteiger partial charge in [-0.05, 0) is 59.9 Å². The average molecular weight is 476 g/mol. The van der Waals surface area contributed by atoms with Crippen LogP contribution in [0.2, 0.25) is 5.02 Å². The van der Waals surface area contributed by atoms with Gasteiger partial charge in [0.1, 0.15) is 11.6 Å². The number of amides is 1. The molecule has 0 saturated heterocycles. The Bertz CT molecular complexity index is 1230. The average Bonchev–Trinajstić information content (AvgIpc) is 3.20. The molecule has 0 saturated carbocycles. The molecule has 6 heteroatoms. The van der Waals surface area contributed by atoms with E-state index in [9.17, 15) is 4.79 Å². The second-order valence-electron chi connectivity index (χ2n) is 8.50. The van der Waals surface area contributed by atoms with Crippen LogP contribution < -0.4 is 10.1 Å². The maximum atomic E-state index is 12.2. The number of carbonyl (C=O) groups excluding carboxylic acids is 1. The summed E-state index contributed by atoms with van der Waals surface area (Å²) in [6, 6.07) is 24.0. The molecule has 176 valence electrons. The Balaban J connectivity index is 1.39. The first kappa shape index (κ1) is 23.8. The van der Waals surface area contributed by atoms with E-state index in [0.29, 0.717) is 29.7 Å². The summed E-state index contributed by atoms with van der Waals surface area (Å²) in [6.07, 6.45) is 1.76. The molecule has 0 aliphatic rings. The van der Waals surface area contributed by atoms with Crippen LogP contribution in [0.25, 0.3) is 11.0 Å². The van der Waals surface area contributed by atoms with Crippen molar-refractivity contribution < 1.29 is 9.53 Å². The molecule has 0 aliphatic heterocycles. The van der Waals surface area contributed by atoms with Crippen LogP contribution in [0, 0.1) is 0 Å². The lowest BCUT2D eigenvalue weighted by Gasteiger charge is -2.13. The number of fused-ring (bicyclic) bond motifs is 1. The van der Waals surface area contributed by atoms with E-state index in [1.165, 1.54) is 11.1 Å². The fraction of sp³-hybridized carbons (Fsp3) is 0.286. The number of aromatic nitrogens is 2. The molecule has 0 bridgehead atoms.